The van der Waals surface area contributed by atoms with Gasteiger partial charge in [-0.1, -0.05) is 6.07 Å². The SMILES string of the molecule is CCNC(=O)C(CN)Cc1ccc2c(c1)OCCCO2. The Balaban J connectivity index is 2.08. The Hall–Kier alpha value is -1.75. The van der Waals surface area contributed by atoms with E-state index < -0.39 is 0 Å². The third-order valence-electron chi connectivity index (χ3n) is 3.30. The number of ether oxygens (including phenoxy) is 2. The van der Waals surface area contributed by atoms with Gasteiger partial charge in [0.05, 0.1) is 19.1 Å². The number of hydrogen-bond acceptors (Lipinski definition) is 4. The van der Waals surface area contributed by atoms with Crippen LogP contribution in [0.15, 0.2) is 18.2 Å². The second-order valence-corrected chi connectivity index (χ2v) is 4.86. The Morgan fingerprint density at radius 3 is 2.80 bits per heavy atom. The predicted octanol–water partition coefficient (Wildman–Crippen LogP) is 1.10. The summed E-state index contributed by atoms with van der Waals surface area (Å²) in [5, 5.41) is 2.81. The van der Waals surface area contributed by atoms with Crippen LogP contribution in [0.25, 0.3) is 0 Å². The van der Waals surface area contributed by atoms with E-state index in [1.54, 1.807) is 0 Å². The Morgan fingerprint density at radius 1 is 1.35 bits per heavy atom. The van der Waals surface area contributed by atoms with Crippen LogP contribution in [0.3, 0.4) is 0 Å². The second kappa shape index (κ2) is 7.14. The highest BCUT2D eigenvalue weighted by Gasteiger charge is 2.18. The van der Waals surface area contributed by atoms with Crippen molar-refractivity contribution in [2.45, 2.75) is 19.8 Å². The molecule has 1 unspecified atom stereocenters. The normalized spacial score (nSPS) is 15.3. The molecule has 1 aromatic carbocycles. The Kier molecular flexibility index (Phi) is 5.24. The maximum atomic E-state index is 11.9. The summed E-state index contributed by atoms with van der Waals surface area (Å²) >= 11 is 0. The minimum absolute atomic E-state index is 0.00195. The van der Waals surface area contributed by atoms with Gasteiger partial charge in [-0.15, -0.1) is 0 Å². The van der Waals surface area contributed by atoms with Crippen LogP contribution >= 0.6 is 0 Å². The molecule has 0 aliphatic carbocycles. The third kappa shape index (κ3) is 3.63. The van der Waals surface area contributed by atoms with Gasteiger partial charge >= 0.3 is 0 Å². The van der Waals surface area contributed by atoms with E-state index in [1.807, 2.05) is 25.1 Å². The zero-order valence-corrected chi connectivity index (χ0v) is 11.9. The van der Waals surface area contributed by atoms with Gasteiger partial charge in [-0.25, -0.2) is 0 Å². The highest BCUT2D eigenvalue weighted by atomic mass is 16.5. The molecule has 0 bridgehead atoms. The van der Waals surface area contributed by atoms with E-state index in [9.17, 15) is 4.79 Å². The fraction of sp³-hybridized carbons (Fsp3) is 0.533. The van der Waals surface area contributed by atoms with Crippen molar-refractivity contribution in [3.8, 4) is 11.5 Å². The molecule has 1 aromatic rings. The van der Waals surface area contributed by atoms with Gasteiger partial charge in [-0.3, -0.25) is 4.79 Å². The summed E-state index contributed by atoms with van der Waals surface area (Å²) in [6, 6.07) is 5.82. The van der Waals surface area contributed by atoms with E-state index in [1.165, 1.54) is 0 Å². The molecule has 0 saturated heterocycles. The maximum absolute atomic E-state index is 11.9. The van der Waals surface area contributed by atoms with E-state index >= 15 is 0 Å². The van der Waals surface area contributed by atoms with Gasteiger partial charge < -0.3 is 20.5 Å². The minimum atomic E-state index is -0.209. The number of benzene rings is 1. The molecule has 2 rings (SSSR count). The van der Waals surface area contributed by atoms with E-state index in [-0.39, 0.29) is 11.8 Å². The largest absolute Gasteiger partial charge is 0.490 e. The van der Waals surface area contributed by atoms with E-state index in [0.29, 0.717) is 32.7 Å². The number of fused-ring (bicyclic) bond motifs is 1. The number of carbonyl (C=O) groups is 1. The summed E-state index contributed by atoms with van der Waals surface area (Å²) in [6.07, 6.45) is 1.49. The molecule has 0 aromatic heterocycles. The summed E-state index contributed by atoms with van der Waals surface area (Å²) in [4.78, 5) is 11.9. The lowest BCUT2D eigenvalue weighted by Crippen LogP contribution is -2.36. The molecular weight excluding hydrogens is 256 g/mol. The number of nitrogens with two attached hydrogens (primary N) is 1. The molecule has 5 nitrogen and oxygen atoms in total. The topological polar surface area (TPSA) is 73.6 Å². The quantitative estimate of drug-likeness (QED) is 0.846. The van der Waals surface area contributed by atoms with Gasteiger partial charge in [0.2, 0.25) is 5.91 Å². The first-order valence-corrected chi connectivity index (χ1v) is 7.11. The van der Waals surface area contributed by atoms with Crippen LogP contribution in [-0.2, 0) is 11.2 Å². The van der Waals surface area contributed by atoms with Crippen molar-refractivity contribution in [1.29, 1.82) is 0 Å². The standard InChI is InChI=1S/C15H22N2O3/c1-2-17-15(18)12(10-16)8-11-4-5-13-14(9-11)20-7-3-6-19-13/h4-5,9,12H,2-3,6-8,10,16H2,1H3,(H,17,18). The number of nitrogens with one attached hydrogen (secondary N) is 1. The highest BCUT2D eigenvalue weighted by Crippen LogP contribution is 2.31. The molecule has 1 heterocycles. The molecule has 110 valence electrons. The smallest absolute Gasteiger partial charge is 0.224 e. The first-order valence-electron chi connectivity index (χ1n) is 7.11. The lowest BCUT2D eigenvalue weighted by Gasteiger charge is -2.15. The Bertz CT molecular complexity index is 462. The number of amides is 1. The lowest BCUT2D eigenvalue weighted by atomic mass is 9.98. The van der Waals surface area contributed by atoms with Crippen LogP contribution in [0.2, 0.25) is 0 Å². The second-order valence-electron chi connectivity index (χ2n) is 4.86. The van der Waals surface area contributed by atoms with Gasteiger partial charge in [0.15, 0.2) is 11.5 Å². The van der Waals surface area contributed by atoms with Crippen LogP contribution in [-0.4, -0.2) is 32.2 Å². The zero-order valence-electron chi connectivity index (χ0n) is 11.9. The van der Waals surface area contributed by atoms with Gasteiger partial charge in [0.25, 0.3) is 0 Å². The molecule has 1 aliphatic rings. The Morgan fingerprint density at radius 2 is 2.10 bits per heavy atom. The zero-order chi connectivity index (χ0) is 14.4. The summed E-state index contributed by atoms with van der Waals surface area (Å²) < 4.78 is 11.2. The van der Waals surface area contributed by atoms with E-state index in [4.69, 9.17) is 15.2 Å². The summed E-state index contributed by atoms with van der Waals surface area (Å²) in [5.41, 5.74) is 6.74. The monoisotopic (exact) mass is 278 g/mol. The van der Waals surface area contributed by atoms with Gasteiger partial charge in [-0.05, 0) is 31.0 Å². The third-order valence-corrected chi connectivity index (χ3v) is 3.30. The van der Waals surface area contributed by atoms with Crippen molar-refractivity contribution in [2.75, 3.05) is 26.3 Å². The molecule has 0 radical (unpaired) electrons. The maximum Gasteiger partial charge on any atom is 0.224 e. The molecule has 0 spiro atoms. The molecular formula is C15H22N2O3. The summed E-state index contributed by atoms with van der Waals surface area (Å²) in [5.74, 6) is 1.32. The first-order chi connectivity index (χ1) is 9.74. The van der Waals surface area contributed by atoms with Crippen molar-refractivity contribution >= 4 is 5.91 Å². The van der Waals surface area contributed by atoms with E-state index in [0.717, 1.165) is 23.5 Å². The molecule has 3 N–H and O–H groups in total. The molecule has 0 fully saturated rings. The van der Waals surface area contributed by atoms with Gasteiger partial charge in [0.1, 0.15) is 0 Å². The number of rotatable bonds is 5. The fourth-order valence-corrected chi connectivity index (χ4v) is 2.22. The molecule has 20 heavy (non-hydrogen) atoms. The van der Waals surface area contributed by atoms with Crippen molar-refractivity contribution in [1.82, 2.24) is 5.32 Å². The Labute approximate surface area is 119 Å². The number of carbonyl (C=O) groups excluding carboxylic acids is 1. The van der Waals surface area contributed by atoms with Crippen LogP contribution in [0.1, 0.15) is 18.9 Å². The van der Waals surface area contributed by atoms with Crippen LogP contribution < -0.4 is 20.5 Å². The van der Waals surface area contributed by atoms with E-state index in [2.05, 4.69) is 5.32 Å². The minimum Gasteiger partial charge on any atom is -0.490 e. The van der Waals surface area contributed by atoms with Crippen LogP contribution in [0.4, 0.5) is 0 Å². The molecule has 1 atom stereocenters. The average molecular weight is 278 g/mol. The molecule has 1 aliphatic heterocycles. The van der Waals surface area contributed by atoms with Crippen LogP contribution in [0.5, 0.6) is 11.5 Å². The van der Waals surface area contributed by atoms with Gasteiger partial charge in [-0.2, -0.15) is 0 Å². The predicted molar refractivity (Wildman–Crippen MR) is 77.0 cm³/mol. The molecule has 1 amide bonds. The lowest BCUT2D eigenvalue weighted by molar-refractivity contribution is -0.124. The number of hydrogen-bond donors (Lipinski definition) is 2. The van der Waals surface area contributed by atoms with Crippen molar-refractivity contribution < 1.29 is 14.3 Å². The van der Waals surface area contributed by atoms with Crippen molar-refractivity contribution in [2.24, 2.45) is 11.7 Å². The average Bonchev–Trinajstić information content (AvgIpc) is 2.69. The highest BCUT2D eigenvalue weighted by molar-refractivity contribution is 5.79. The first kappa shape index (κ1) is 14.7. The summed E-state index contributed by atoms with van der Waals surface area (Å²) in [6.45, 7) is 4.19. The van der Waals surface area contributed by atoms with Crippen molar-refractivity contribution in [3.05, 3.63) is 23.8 Å². The van der Waals surface area contributed by atoms with Crippen LogP contribution in [0, 0.1) is 5.92 Å². The summed E-state index contributed by atoms with van der Waals surface area (Å²) in [7, 11) is 0. The molecule has 0 saturated carbocycles. The fourth-order valence-electron chi connectivity index (χ4n) is 2.22. The molecule has 5 heteroatoms. The van der Waals surface area contributed by atoms with Gasteiger partial charge in [0, 0.05) is 19.5 Å². The van der Waals surface area contributed by atoms with Crippen molar-refractivity contribution in [3.63, 3.8) is 0 Å².